The Morgan fingerprint density at radius 3 is 2.61 bits per heavy atom. The van der Waals surface area contributed by atoms with Crippen molar-refractivity contribution in [2.45, 2.75) is 6.92 Å². The van der Waals surface area contributed by atoms with E-state index in [1.807, 2.05) is 0 Å². The van der Waals surface area contributed by atoms with Gasteiger partial charge in [0.15, 0.2) is 5.11 Å². The third kappa shape index (κ3) is 5.72. The largest absolute Gasteiger partial charge is 0.493 e. The number of thiocarbonyl (C=S) groups is 1. The molecule has 0 atom stereocenters. The van der Waals surface area contributed by atoms with Gasteiger partial charge in [0.05, 0.1) is 17.1 Å². The first-order valence-electron chi connectivity index (χ1n) is 7.90. The highest BCUT2D eigenvalue weighted by atomic mass is 79.9. The first-order chi connectivity index (χ1) is 13.3. The highest BCUT2D eigenvalue weighted by Crippen LogP contribution is 2.23. The van der Waals surface area contributed by atoms with E-state index in [1.165, 1.54) is 18.2 Å². The fourth-order valence-electron chi connectivity index (χ4n) is 2.11. The van der Waals surface area contributed by atoms with Crippen molar-refractivity contribution in [3.63, 3.8) is 0 Å². The van der Waals surface area contributed by atoms with Crippen molar-refractivity contribution in [1.29, 1.82) is 0 Å². The van der Waals surface area contributed by atoms with E-state index in [1.54, 1.807) is 25.1 Å². The highest BCUT2D eigenvalue weighted by molar-refractivity contribution is 9.10. The quantitative estimate of drug-likeness (QED) is 0.351. The van der Waals surface area contributed by atoms with Crippen LogP contribution < -0.4 is 20.9 Å². The summed E-state index contributed by atoms with van der Waals surface area (Å²) in [7, 11) is 0. The molecule has 146 valence electrons. The molecule has 9 nitrogen and oxygen atoms in total. The molecule has 0 fully saturated rings. The molecule has 28 heavy (non-hydrogen) atoms. The number of carbonyl (C=O) groups excluding carboxylic acids is 2. The van der Waals surface area contributed by atoms with Crippen LogP contribution >= 0.6 is 28.1 Å². The van der Waals surface area contributed by atoms with Gasteiger partial charge in [0, 0.05) is 22.2 Å². The van der Waals surface area contributed by atoms with Gasteiger partial charge in [0.25, 0.3) is 17.5 Å². The number of hydrogen-bond acceptors (Lipinski definition) is 6. The smallest absolute Gasteiger partial charge is 0.270 e. The van der Waals surface area contributed by atoms with Crippen LogP contribution in [0.3, 0.4) is 0 Å². The number of hydrazine groups is 1. The topological polar surface area (TPSA) is 123 Å². The standard InChI is InChI=1S/C17H15BrN4O5S/c1-2-27-14-7-6-11(18)9-13(14)16(24)19-17(28)21-20-15(23)10-4-3-5-12(8-10)22(25)26/h3-9H,2H2,1H3,(H,20,23)(H2,19,21,24,28). The lowest BCUT2D eigenvalue weighted by Crippen LogP contribution is -2.48. The summed E-state index contributed by atoms with van der Waals surface area (Å²) in [6.45, 7) is 2.17. The Bertz CT molecular complexity index is 938. The number of amides is 2. The zero-order valence-corrected chi connectivity index (χ0v) is 16.9. The van der Waals surface area contributed by atoms with Crippen molar-refractivity contribution < 1.29 is 19.2 Å². The molecule has 2 amide bonds. The predicted molar refractivity (Wildman–Crippen MR) is 109 cm³/mol. The van der Waals surface area contributed by atoms with Crippen LogP contribution in [0.4, 0.5) is 5.69 Å². The molecule has 0 heterocycles. The fraction of sp³-hybridized carbons (Fsp3) is 0.118. The maximum Gasteiger partial charge on any atom is 0.270 e. The molecule has 0 aliphatic carbocycles. The minimum absolute atomic E-state index is 0.0569. The van der Waals surface area contributed by atoms with Crippen LogP contribution in [0.25, 0.3) is 0 Å². The minimum atomic E-state index is -0.655. The number of benzene rings is 2. The number of nitrogens with zero attached hydrogens (tertiary/aromatic N) is 1. The second-order valence-electron chi connectivity index (χ2n) is 5.24. The fourth-order valence-corrected chi connectivity index (χ4v) is 2.61. The predicted octanol–water partition coefficient (Wildman–Crippen LogP) is 2.71. The first kappa shape index (κ1) is 21.3. The maximum atomic E-state index is 12.4. The number of halogens is 1. The second-order valence-corrected chi connectivity index (χ2v) is 6.57. The van der Waals surface area contributed by atoms with Crippen LogP contribution in [-0.2, 0) is 0 Å². The van der Waals surface area contributed by atoms with E-state index in [4.69, 9.17) is 17.0 Å². The van der Waals surface area contributed by atoms with Crippen molar-refractivity contribution in [3.8, 4) is 5.75 Å². The summed E-state index contributed by atoms with van der Waals surface area (Å²) in [5, 5.41) is 13.0. The average molecular weight is 467 g/mol. The molecule has 0 aliphatic heterocycles. The zero-order chi connectivity index (χ0) is 20.7. The SMILES string of the molecule is CCOc1ccc(Br)cc1C(=O)NC(=S)NNC(=O)c1cccc([N+](=O)[O-])c1. The molecule has 2 aromatic carbocycles. The lowest BCUT2D eigenvalue weighted by Gasteiger charge is -2.13. The van der Waals surface area contributed by atoms with E-state index in [9.17, 15) is 19.7 Å². The number of nitrogens with one attached hydrogen (secondary N) is 3. The average Bonchev–Trinajstić information content (AvgIpc) is 2.67. The van der Waals surface area contributed by atoms with Crippen LogP contribution in [0, 0.1) is 10.1 Å². The number of nitro benzene ring substituents is 1. The van der Waals surface area contributed by atoms with Gasteiger partial charge in [-0.2, -0.15) is 0 Å². The summed E-state index contributed by atoms with van der Waals surface area (Å²) in [5.74, 6) is -0.809. The van der Waals surface area contributed by atoms with Gasteiger partial charge in [-0.05, 0) is 43.4 Å². The van der Waals surface area contributed by atoms with Gasteiger partial charge in [0.1, 0.15) is 5.75 Å². The lowest BCUT2D eigenvalue weighted by molar-refractivity contribution is -0.384. The van der Waals surface area contributed by atoms with Gasteiger partial charge >= 0.3 is 0 Å². The summed E-state index contributed by atoms with van der Waals surface area (Å²) in [5.41, 5.74) is 4.73. The summed E-state index contributed by atoms with van der Waals surface area (Å²) < 4.78 is 6.09. The summed E-state index contributed by atoms with van der Waals surface area (Å²) in [6.07, 6.45) is 0. The molecule has 0 bridgehead atoms. The van der Waals surface area contributed by atoms with Crippen LogP contribution in [-0.4, -0.2) is 28.5 Å². The molecule has 2 aromatic rings. The lowest BCUT2D eigenvalue weighted by atomic mass is 10.2. The normalized spacial score (nSPS) is 9.93. The van der Waals surface area contributed by atoms with Gasteiger partial charge in [-0.25, -0.2) is 0 Å². The molecule has 0 spiro atoms. The van der Waals surface area contributed by atoms with Crippen LogP contribution in [0.2, 0.25) is 0 Å². The molecule has 0 saturated carbocycles. The molecule has 0 aliphatic rings. The van der Waals surface area contributed by atoms with E-state index in [0.29, 0.717) is 16.8 Å². The maximum absolute atomic E-state index is 12.4. The van der Waals surface area contributed by atoms with Crippen molar-refractivity contribution in [3.05, 3.63) is 68.2 Å². The molecule has 11 heteroatoms. The zero-order valence-electron chi connectivity index (χ0n) is 14.5. The Balaban J connectivity index is 1.98. The van der Waals surface area contributed by atoms with Gasteiger partial charge < -0.3 is 4.74 Å². The van der Waals surface area contributed by atoms with Crippen LogP contribution in [0.15, 0.2) is 46.9 Å². The molecule has 0 aromatic heterocycles. The van der Waals surface area contributed by atoms with E-state index < -0.39 is 16.7 Å². The molecule has 2 rings (SSSR count). The second kappa shape index (κ2) is 9.76. The minimum Gasteiger partial charge on any atom is -0.493 e. The van der Waals surface area contributed by atoms with Crippen molar-refractivity contribution >= 4 is 50.8 Å². The summed E-state index contributed by atoms with van der Waals surface area (Å²) in [4.78, 5) is 34.6. The Hall–Kier alpha value is -3.05. The number of non-ortho nitro benzene ring substituents is 1. The molecule has 0 saturated heterocycles. The third-order valence-electron chi connectivity index (χ3n) is 3.32. The van der Waals surface area contributed by atoms with E-state index >= 15 is 0 Å². The molecule has 3 N–H and O–H groups in total. The van der Waals surface area contributed by atoms with Gasteiger partial charge in [-0.3, -0.25) is 35.9 Å². The molecular formula is C17H15BrN4O5S. The third-order valence-corrected chi connectivity index (χ3v) is 4.02. The van der Waals surface area contributed by atoms with E-state index in [2.05, 4.69) is 32.1 Å². The van der Waals surface area contributed by atoms with Gasteiger partial charge in [-0.1, -0.05) is 22.0 Å². The number of ether oxygens (including phenoxy) is 1. The van der Waals surface area contributed by atoms with E-state index in [0.717, 1.165) is 6.07 Å². The Morgan fingerprint density at radius 2 is 1.93 bits per heavy atom. The number of nitro groups is 1. The molecule has 0 radical (unpaired) electrons. The monoisotopic (exact) mass is 466 g/mol. The van der Waals surface area contributed by atoms with Gasteiger partial charge in [-0.15, -0.1) is 0 Å². The van der Waals surface area contributed by atoms with Crippen molar-refractivity contribution in [2.75, 3.05) is 6.61 Å². The summed E-state index contributed by atoms with van der Waals surface area (Å²) in [6, 6.07) is 10.1. The number of carbonyl (C=O) groups is 2. The number of rotatable bonds is 5. The van der Waals surface area contributed by atoms with Crippen LogP contribution in [0.5, 0.6) is 5.75 Å². The Labute approximate surface area is 173 Å². The highest BCUT2D eigenvalue weighted by Gasteiger charge is 2.16. The molecular weight excluding hydrogens is 452 g/mol. The Kier molecular flexibility index (Phi) is 7.41. The van der Waals surface area contributed by atoms with Crippen LogP contribution in [0.1, 0.15) is 27.6 Å². The van der Waals surface area contributed by atoms with E-state index in [-0.39, 0.29) is 21.9 Å². The molecule has 0 unspecified atom stereocenters. The Morgan fingerprint density at radius 1 is 1.18 bits per heavy atom. The number of hydrogen-bond donors (Lipinski definition) is 3. The first-order valence-corrected chi connectivity index (χ1v) is 9.10. The van der Waals surface area contributed by atoms with Gasteiger partial charge in [0.2, 0.25) is 0 Å². The van der Waals surface area contributed by atoms with Crippen molar-refractivity contribution in [1.82, 2.24) is 16.2 Å². The van der Waals surface area contributed by atoms with Crippen molar-refractivity contribution in [2.24, 2.45) is 0 Å². The summed E-state index contributed by atoms with van der Waals surface area (Å²) >= 11 is 8.27.